The minimum atomic E-state index is -0.560. The summed E-state index contributed by atoms with van der Waals surface area (Å²) in [5.41, 5.74) is 1.22. The Kier molecular flexibility index (Phi) is 6.10. The number of carbonyl (C=O) groups excluding carboxylic acids is 1. The van der Waals surface area contributed by atoms with Crippen LogP contribution in [0.1, 0.15) is 26.6 Å². The van der Waals surface area contributed by atoms with Crippen LogP contribution in [-0.2, 0) is 11.3 Å². The molecule has 0 N–H and O–H groups in total. The zero-order chi connectivity index (χ0) is 21.9. The minimum Gasteiger partial charge on any atom is -0.497 e. The molecule has 1 aromatic heterocycles. The molecule has 3 rings (SSSR count). The maximum atomic E-state index is 12.4. The number of carbonyl (C=O) groups is 1. The van der Waals surface area contributed by atoms with Crippen molar-refractivity contribution in [1.29, 1.82) is 0 Å². The van der Waals surface area contributed by atoms with Crippen LogP contribution in [0.5, 0.6) is 5.75 Å². The average Bonchev–Trinajstić information content (AvgIpc) is 2.71. The standard InChI is InChI=1S/C23H28N4O3/c1-23(2,3)30-22(28)26(4)15-20-24-19-10-8-7-9-18(19)21(25-20)27(5)16-11-13-17(29-6)14-12-16/h7-14H,15H2,1-6H3. The van der Waals surface area contributed by atoms with Gasteiger partial charge in [-0.25, -0.2) is 14.8 Å². The van der Waals surface area contributed by atoms with Crippen molar-refractivity contribution >= 4 is 28.5 Å². The third-order valence-corrected chi connectivity index (χ3v) is 4.49. The van der Waals surface area contributed by atoms with Crippen molar-refractivity contribution in [3.63, 3.8) is 0 Å². The number of aromatic nitrogens is 2. The van der Waals surface area contributed by atoms with E-state index in [1.807, 2.05) is 81.2 Å². The first kappa shape index (κ1) is 21.4. The highest BCUT2D eigenvalue weighted by Crippen LogP contribution is 2.30. The van der Waals surface area contributed by atoms with Crippen molar-refractivity contribution in [2.45, 2.75) is 32.9 Å². The Morgan fingerprint density at radius 2 is 1.67 bits per heavy atom. The van der Waals surface area contributed by atoms with E-state index in [0.717, 1.165) is 28.2 Å². The molecule has 1 heterocycles. The molecule has 0 bridgehead atoms. The smallest absolute Gasteiger partial charge is 0.410 e. The monoisotopic (exact) mass is 408 g/mol. The van der Waals surface area contributed by atoms with Crippen LogP contribution in [-0.4, -0.2) is 47.8 Å². The van der Waals surface area contributed by atoms with Gasteiger partial charge in [-0.2, -0.15) is 0 Å². The van der Waals surface area contributed by atoms with E-state index in [9.17, 15) is 4.79 Å². The van der Waals surface area contributed by atoms with Gasteiger partial charge >= 0.3 is 6.09 Å². The van der Waals surface area contributed by atoms with Gasteiger partial charge in [0.15, 0.2) is 5.82 Å². The lowest BCUT2D eigenvalue weighted by atomic mass is 10.2. The molecule has 30 heavy (non-hydrogen) atoms. The highest BCUT2D eigenvalue weighted by atomic mass is 16.6. The summed E-state index contributed by atoms with van der Waals surface area (Å²) in [5.74, 6) is 2.09. The molecule has 0 unspecified atom stereocenters. The summed E-state index contributed by atoms with van der Waals surface area (Å²) >= 11 is 0. The number of amides is 1. The van der Waals surface area contributed by atoms with Crippen molar-refractivity contribution < 1.29 is 14.3 Å². The summed E-state index contributed by atoms with van der Waals surface area (Å²) in [6.07, 6.45) is -0.413. The van der Waals surface area contributed by atoms with E-state index in [1.54, 1.807) is 14.2 Å². The summed E-state index contributed by atoms with van der Waals surface area (Å²) in [7, 11) is 5.28. The fourth-order valence-electron chi connectivity index (χ4n) is 2.98. The number of para-hydroxylation sites is 1. The van der Waals surface area contributed by atoms with Gasteiger partial charge in [-0.15, -0.1) is 0 Å². The van der Waals surface area contributed by atoms with Crippen LogP contribution < -0.4 is 9.64 Å². The Morgan fingerprint density at radius 3 is 2.30 bits per heavy atom. The molecule has 3 aromatic rings. The highest BCUT2D eigenvalue weighted by Gasteiger charge is 2.21. The average molecular weight is 409 g/mol. The van der Waals surface area contributed by atoms with Gasteiger partial charge in [0, 0.05) is 25.2 Å². The quantitative estimate of drug-likeness (QED) is 0.606. The van der Waals surface area contributed by atoms with Crippen LogP contribution in [0.2, 0.25) is 0 Å². The lowest BCUT2D eigenvalue weighted by Gasteiger charge is -2.25. The van der Waals surface area contributed by atoms with Gasteiger partial charge in [0.25, 0.3) is 0 Å². The molecule has 0 fully saturated rings. The molecule has 0 saturated heterocycles. The van der Waals surface area contributed by atoms with Gasteiger partial charge < -0.3 is 19.3 Å². The zero-order valence-corrected chi connectivity index (χ0v) is 18.3. The van der Waals surface area contributed by atoms with Gasteiger partial charge in [0.1, 0.15) is 17.2 Å². The lowest BCUT2D eigenvalue weighted by molar-refractivity contribution is 0.0281. The largest absolute Gasteiger partial charge is 0.497 e. The number of anilines is 2. The summed E-state index contributed by atoms with van der Waals surface area (Å²) in [6, 6.07) is 15.6. The molecule has 0 saturated carbocycles. The van der Waals surface area contributed by atoms with Crippen LogP contribution in [0.15, 0.2) is 48.5 Å². The first-order valence-electron chi connectivity index (χ1n) is 9.75. The molecule has 7 heteroatoms. The summed E-state index contributed by atoms with van der Waals surface area (Å²) < 4.78 is 10.7. The Hall–Kier alpha value is -3.35. The first-order valence-corrected chi connectivity index (χ1v) is 9.75. The number of hydrogen-bond donors (Lipinski definition) is 0. The molecule has 0 aliphatic carbocycles. The minimum absolute atomic E-state index is 0.239. The van der Waals surface area contributed by atoms with Gasteiger partial charge in [-0.1, -0.05) is 12.1 Å². The van der Waals surface area contributed by atoms with Gasteiger partial charge in [0.05, 0.1) is 19.2 Å². The second-order valence-corrected chi connectivity index (χ2v) is 8.07. The first-order chi connectivity index (χ1) is 14.2. The third-order valence-electron chi connectivity index (χ3n) is 4.49. The van der Waals surface area contributed by atoms with Crippen LogP contribution in [0.25, 0.3) is 10.9 Å². The van der Waals surface area contributed by atoms with Gasteiger partial charge in [-0.3, -0.25) is 0 Å². The Morgan fingerprint density at radius 1 is 1.00 bits per heavy atom. The second kappa shape index (κ2) is 8.57. The number of methoxy groups -OCH3 is 1. The van der Waals surface area contributed by atoms with E-state index >= 15 is 0 Å². The summed E-state index contributed by atoms with van der Waals surface area (Å²) in [4.78, 5) is 25.3. The maximum Gasteiger partial charge on any atom is 0.410 e. The van der Waals surface area contributed by atoms with Crippen LogP contribution in [0.4, 0.5) is 16.3 Å². The van der Waals surface area contributed by atoms with Crippen molar-refractivity contribution in [2.24, 2.45) is 0 Å². The van der Waals surface area contributed by atoms with Crippen molar-refractivity contribution in [3.8, 4) is 5.75 Å². The number of rotatable bonds is 5. The molecule has 7 nitrogen and oxygen atoms in total. The Labute approximate surface area is 177 Å². The van der Waals surface area contributed by atoms with E-state index in [1.165, 1.54) is 4.90 Å². The van der Waals surface area contributed by atoms with Crippen molar-refractivity contribution in [3.05, 3.63) is 54.4 Å². The van der Waals surface area contributed by atoms with Crippen LogP contribution in [0, 0.1) is 0 Å². The molecule has 0 radical (unpaired) electrons. The molecule has 0 spiro atoms. The number of ether oxygens (including phenoxy) is 2. The normalized spacial score (nSPS) is 11.3. The SMILES string of the molecule is COc1ccc(N(C)c2nc(CN(C)C(=O)OC(C)(C)C)nc3ccccc23)cc1. The number of fused-ring (bicyclic) bond motifs is 1. The van der Waals surface area contributed by atoms with E-state index in [4.69, 9.17) is 14.5 Å². The number of benzene rings is 2. The highest BCUT2D eigenvalue weighted by molar-refractivity contribution is 5.91. The van der Waals surface area contributed by atoms with E-state index in [2.05, 4.69) is 4.98 Å². The molecule has 0 aliphatic heterocycles. The Balaban J connectivity index is 1.95. The molecule has 158 valence electrons. The van der Waals surface area contributed by atoms with E-state index in [-0.39, 0.29) is 6.54 Å². The molecular formula is C23H28N4O3. The van der Waals surface area contributed by atoms with Gasteiger partial charge in [-0.05, 0) is 57.2 Å². The summed E-state index contributed by atoms with van der Waals surface area (Å²) in [5, 5.41) is 0.930. The molecule has 0 aliphatic rings. The van der Waals surface area contributed by atoms with Crippen molar-refractivity contribution in [1.82, 2.24) is 14.9 Å². The Bertz CT molecular complexity index is 1030. The molecule has 2 aromatic carbocycles. The fraction of sp³-hybridized carbons (Fsp3) is 0.348. The number of hydrogen-bond acceptors (Lipinski definition) is 6. The lowest BCUT2D eigenvalue weighted by Crippen LogP contribution is -2.34. The van der Waals surface area contributed by atoms with Gasteiger partial charge in [0.2, 0.25) is 0 Å². The third kappa shape index (κ3) is 4.97. The predicted molar refractivity (Wildman–Crippen MR) is 118 cm³/mol. The van der Waals surface area contributed by atoms with E-state index in [0.29, 0.717) is 5.82 Å². The zero-order valence-electron chi connectivity index (χ0n) is 18.3. The second-order valence-electron chi connectivity index (χ2n) is 8.07. The molecule has 0 atom stereocenters. The van der Waals surface area contributed by atoms with Crippen LogP contribution >= 0.6 is 0 Å². The predicted octanol–water partition coefficient (Wildman–Crippen LogP) is 4.77. The molecule has 1 amide bonds. The van der Waals surface area contributed by atoms with Crippen molar-refractivity contribution in [2.75, 3.05) is 26.1 Å². The number of nitrogens with zero attached hydrogens (tertiary/aromatic N) is 4. The maximum absolute atomic E-state index is 12.4. The molecular weight excluding hydrogens is 380 g/mol. The van der Waals surface area contributed by atoms with E-state index < -0.39 is 11.7 Å². The topological polar surface area (TPSA) is 67.8 Å². The van der Waals surface area contributed by atoms with Crippen LogP contribution in [0.3, 0.4) is 0 Å². The summed E-state index contributed by atoms with van der Waals surface area (Å²) in [6.45, 7) is 5.76. The fourth-order valence-corrected chi connectivity index (χ4v) is 2.98.